The molecule has 1 heterocycles. The van der Waals surface area contributed by atoms with E-state index in [1.165, 1.54) is 32.4 Å². The van der Waals surface area contributed by atoms with Gasteiger partial charge in [0.1, 0.15) is 5.82 Å². The van der Waals surface area contributed by atoms with Crippen LogP contribution in [0.1, 0.15) is 40.3 Å². The van der Waals surface area contributed by atoms with E-state index in [4.69, 9.17) is 9.47 Å². The summed E-state index contributed by atoms with van der Waals surface area (Å²) in [5, 5.41) is 13.1. The third-order valence-corrected chi connectivity index (χ3v) is 6.00. The first-order valence-corrected chi connectivity index (χ1v) is 11.3. The standard InChI is InChI=1S/C27H27FN4O4/c1-27(2,15-29-26(34)24-20-11-8-18(28)14-21(20)31-32-24)17-6-9-19(10-7-17)30-25(33)16-5-12-22(35-3)23(13-16)36-4/h5-14H,15H2,1-4H3,(H,29,34)(H,30,33)(H,31,32). The molecule has 0 saturated carbocycles. The van der Waals surface area contributed by atoms with Gasteiger partial charge in [-0.2, -0.15) is 5.10 Å². The number of amides is 2. The van der Waals surface area contributed by atoms with Crippen molar-refractivity contribution in [3.05, 3.63) is 83.3 Å². The third kappa shape index (κ3) is 5.14. The van der Waals surface area contributed by atoms with Crippen LogP contribution in [-0.2, 0) is 5.41 Å². The highest BCUT2D eigenvalue weighted by Gasteiger charge is 2.23. The maximum atomic E-state index is 13.4. The predicted molar refractivity (Wildman–Crippen MR) is 135 cm³/mol. The average Bonchev–Trinajstić information content (AvgIpc) is 3.30. The zero-order chi connectivity index (χ0) is 25.9. The lowest BCUT2D eigenvalue weighted by Crippen LogP contribution is -2.36. The zero-order valence-corrected chi connectivity index (χ0v) is 20.4. The van der Waals surface area contributed by atoms with Crippen molar-refractivity contribution >= 4 is 28.4 Å². The van der Waals surface area contributed by atoms with E-state index < -0.39 is 11.2 Å². The summed E-state index contributed by atoms with van der Waals surface area (Å²) in [4.78, 5) is 25.4. The second kappa shape index (κ2) is 10.1. The number of nitrogens with one attached hydrogen (secondary N) is 3. The molecule has 0 bridgehead atoms. The van der Waals surface area contributed by atoms with Crippen molar-refractivity contribution in [1.29, 1.82) is 0 Å². The molecule has 0 aliphatic rings. The maximum Gasteiger partial charge on any atom is 0.272 e. The summed E-state index contributed by atoms with van der Waals surface area (Å²) in [5.74, 6) is -0.00919. The molecular weight excluding hydrogens is 463 g/mol. The molecule has 8 nitrogen and oxygen atoms in total. The minimum atomic E-state index is -0.403. The molecule has 186 valence electrons. The Morgan fingerprint density at radius 3 is 2.36 bits per heavy atom. The van der Waals surface area contributed by atoms with Crippen LogP contribution in [0, 0.1) is 5.82 Å². The Morgan fingerprint density at radius 2 is 1.67 bits per heavy atom. The number of methoxy groups -OCH3 is 2. The number of anilines is 1. The van der Waals surface area contributed by atoms with Crippen LogP contribution in [0.15, 0.2) is 60.7 Å². The van der Waals surface area contributed by atoms with Crippen molar-refractivity contribution in [1.82, 2.24) is 15.5 Å². The number of hydrogen-bond donors (Lipinski definition) is 3. The van der Waals surface area contributed by atoms with Gasteiger partial charge in [0.15, 0.2) is 17.2 Å². The lowest BCUT2D eigenvalue weighted by molar-refractivity contribution is 0.0941. The van der Waals surface area contributed by atoms with Crippen molar-refractivity contribution in [2.24, 2.45) is 0 Å². The van der Waals surface area contributed by atoms with Crippen LogP contribution in [0.25, 0.3) is 10.9 Å². The summed E-state index contributed by atoms with van der Waals surface area (Å²) in [6.45, 7) is 4.35. The molecule has 0 unspecified atom stereocenters. The highest BCUT2D eigenvalue weighted by atomic mass is 19.1. The van der Waals surface area contributed by atoms with Gasteiger partial charge in [-0.05, 0) is 54.1 Å². The van der Waals surface area contributed by atoms with Gasteiger partial charge >= 0.3 is 0 Å². The van der Waals surface area contributed by atoms with Gasteiger partial charge in [-0.3, -0.25) is 14.7 Å². The summed E-state index contributed by atoms with van der Waals surface area (Å²) in [7, 11) is 3.05. The molecule has 0 radical (unpaired) electrons. The molecule has 36 heavy (non-hydrogen) atoms. The van der Waals surface area contributed by atoms with Gasteiger partial charge in [0.25, 0.3) is 11.8 Å². The first kappa shape index (κ1) is 24.7. The van der Waals surface area contributed by atoms with E-state index in [9.17, 15) is 14.0 Å². The number of carbonyl (C=O) groups excluding carboxylic acids is 2. The van der Waals surface area contributed by atoms with E-state index in [2.05, 4.69) is 20.8 Å². The quantitative estimate of drug-likeness (QED) is 0.333. The maximum absolute atomic E-state index is 13.4. The fourth-order valence-electron chi connectivity index (χ4n) is 3.84. The number of fused-ring (bicyclic) bond motifs is 1. The van der Waals surface area contributed by atoms with Crippen LogP contribution in [0.4, 0.5) is 10.1 Å². The topological polar surface area (TPSA) is 105 Å². The molecule has 4 rings (SSSR count). The smallest absolute Gasteiger partial charge is 0.272 e. The number of ether oxygens (including phenoxy) is 2. The second-order valence-electron chi connectivity index (χ2n) is 8.93. The number of nitrogens with zero attached hydrogens (tertiary/aromatic N) is 1. The number of hydrogen-bond acceptors (Lipinski definition) is 5. The third-order valence-electron chi connectivity index (χ3n) is 6.00. The number of aromatic amines is 1. The largest absolute Gasteiger partial charge is 0.493 e. The lowest BCUT2D eigenvalue weighted by Gasteiger charge is -2.26. The van der Waals surface area contributed by atoms with Crippen LogP contribution >= 0.6 is 0 Å². The Hall–Kier alpha value is -4.40. The Morgan fingerprint density at radius 1 is 0.944 bits per heavy atom. The van der Waals surface area contributed by atoms with Crippen molar-refractivity contribution in [3.63, 3.8) is 0 Å². The lowest BCUT2D eigenvalue weighted by atomic mass is 9.84. The number of H-pyrrole nitrogens is 1. The number of carbonyl (C=O) groups is 2. The van der Waals surface area contributed by atoms with E-state index in [0.717, 1.165) is 5.56 Å². The molecule has 0 aliphatic carbocycles. The summed E-state index contributed by atoms with van der Waals surface area (Å²) < 4.78 is 23.9. The Balaban J connectivity index is 1.40. The highest BCUT2D eigenvalue weighted by Crippen LogP contribution is 2.28. The molecule has 0 spiro atoms. The van der Waals surface area contributed by atoms with Crippen molar-refractivity contribution in [2.45, 2.75) is 19.3 Å². The van der Waals surface area contributed by atoms with E-state index in [0.29, 0.717) is 40.2 Å². The van der Waals surface area contributed by atoms with Crippen molar-refractivity contribution < 1.29 is 23.5 Å². The molecular formula is C27H27FN4O4. The van der Waals surface area contributed by atoms with Gasteiger partial charge in [0.2, 0.25) is 0 Å². The van der Waals surface area contributed by atoms with Gasteiger partial charge in [-0.15, -0.1) is 0 Å². The normalized spacial score (nSPS) is 11.2. The first-order valence-electron chi connectivity index (χ1n) is 11.3. The molecule has 3 aromatic carbocycles. The van der Waals surface area contributed by atoms with E-state index in [1.807, 2.05) is 38.1 Å². The minimum Gasteiger partial charge on any atom is -0.493 e. The Kier molecular flexibility index (Phi) is 6.91. The Bertz CT molecular complexity index is 1410. The first-order chi connectivity index (χ1) is 17.2. The number of benzene rings is 3. The molecule has 9 heteroatoms. The van der Waals surface area contributed by atoms with Crippen LogP contribution in [-0.4, -0.2) is 42.8 Å². The Labute approximate surface area is 207 Å². The summed E-state index contributed by atoms with van der Waals surface area (Å²) >= 11 is 0. The highest BCUT2D eigenvalue weighted by molar-refractivity contribution is 6.05. The monoisotopic (exact) mass is 490 g/mol. The number of aromatic nitrogens is 2. The SMILES string of the molecule is COc1ccc(C(=O)Nc2ccc(C(C)(C)CNC(=O)c3n[nH]c4cc(F)ccc34)cc2)cc1OC. The van der Waals surface area contributed by atoms with Crippen LogP contribution in [0.2, 0.25) is 0 Å². The fourth-order valence-corrected chi connectivity index (χ4v) is 3.84. The molecule has 4 aromatic rings. The number of rotatable bonds is 8. The van der Waals surface area contributed by atoms with Crippen molar-refractivity contribution in [2.75, 3.05) is 26.1 Å². The zero-order valence-electron chi connectivity index (χ0n) is 20.4. The average molecular weight is 491 g/mol. The summed E-state index contributed by atoms with van der Waals surface area (Å²) in [6, 6.07) is 16.5. The van der Waals surface area contributed by atoms with E-state index in [-0.39, 0.29) is 17.5 Å². The van der Waals surface area contributed by atoms with Crippen LogP contribution in [0.5, 0.6) is 11.5 Å². The van der Waals surface area contributed by atoms with Gasteiger partial charge in [-0.1, -0.05) is 26.0 Å². The van der Waals surface area contributed by atoms with Gasteiger partial charge in [0.05, 0.1) is 19.7 Å². The van der Waals surface area contributed by atoms with E-state index >= 15 is 0 Å². The van der Waals surface area contributed by atoms with Crippen LogP contribution in [0.3, 0.4) is 0 Å². The summed E-state index contributed by atoms with van der Waals surface area (Å²) in [6.07, 6.45) is 0. The van der Waals surface area contributed by atoms with Crippen LogP contribution < -0.4 is 20.1 Å². The van der Waals surface area contributed by atoms with Gasteiger partial charge < -0.3 is 20.1 Å². The van der Waals surface area contributed by atoms with E-state index in [1.54, 1.807) is 18.2 Å². The second-order valence-corrected chi connectivity index (χ2v) is 8.93. The predicted octanol–water partition coefficient (Wildman–Crippen LogP) is 4.68. The van der Waals surface area contributed by atoms with Crippen molar-refractivity contribution in [3.8, 4) is 11.5 Å². The summed E-state index contributed by atoms with van der Waals surface area (Å²) in [5.41, 5.74) is 2.32. The molecule has 0 saturated heterocycles. The molecule has 1 aromatic heterocycles. The number of halogens is 1. The minimum absolute atomic E-state index is 0.217. The molecule has 0 aliphatic heterocycles. The molecule has 0 fully saturated rings. The van der Waals surface area contributed by atoms with Gasteiger partial charge in [0, 0.05) is 28.6 Å². The van der Waals surface area contributed by atoms with Gasteiger partial charge in [-0.25, -0.2) is 4.39 Å². The fraction of sp³-hybridized carbons (Fsp3) is 0.222. The molecule has 0 atom stereocenters. The molecule has 3 N–H and O–H groups in total. The molecule has 2 amide bonds.